The van der Waals surface area contributed by atoms with Gasteiger partial charge in [-0.1, -0.05) is 12.1 Å². The Hall–Kier alpha value is -2.62. The predicted octanol–water partition coefficient (Wildman–Crippen LogP) is 1.73. The van der Waals surface area contributed by atoms with Gasteiger partial charge in [-0.05, 0) is 59.7 Å². The first kappa shape index (κ1) is 20.3. The van der Waals surface area contributed by atoms with Crippen LogP contribution in [-0.4, -0.2) is 69.1 Å². The maximum absolute atomic E-state index is 13.3. The first-order chi connectivity index (χ1) is 15.1. The number of aromatic amines is 1. The Bertz CT molecular complexity index is 1130. The zero-order chi connectivity index (χ0) is 21.4. The highest BCUT2D eigenvalue weighted by molar-refractivity contribution is 5.83. The van der Waals surface area contributed by atoms with Gasteiger partial charge in [0.2, 0.25) is 0 Å². The molecule has 0 saturated carbocycles. The summed E-state index contributed by atoms with van der Waals surface area (Å²) in [6, 6.07) is 5.79. The summed E-state index contributed by atoms with van der Waals surface area (Å²) >= 11 is 0. The standard InChI is InChI=1S/C22H28N6O3/c1-14-5-6-16-12-18(22(29)23-19(16)15(14)2)20(27-7-10-30-11-8-27)21-24-25-26-28(21)13-17-4-3-9-31-17/h5-6,12,17,20H,3-4,7-11,13H2,1-2H3,(H,23,29)/t17-,20+/m0/s1. The number of ether oxygens (including phenoxy) is 2. The van der Waals surface area contributed by atoms with Gasteiger partial charge < -0.3 is 14.5 Å². The van der Waals surface area contributed by atoms with Gasteiger partial charge in [-0.3, -0.25) is 9.69 Å². The zero-order valence-electron chi connectivity index (χ0n) is 18.0. The number of rotatable bonds is 5. The number of aromatic nitrogens is 5. The Morgan fingerprint density at radius 2 is 2.06 bits per heavy atom. The van der Waals surface area contributed by atoms with Crippen molar-refractivity contribution in [3.8, 4) is 0 Å². The van der Waals surface area contributed by atoms with Crippen LogP contribution in [0.3, 0.4) is 0 Å². The molecule has 2 fully saturated rings. The number of hydrogen-bond acceptors (Lipinski definition) is 7. The van der Waals surface area contributed by atoms with Crippen molar-refractivity contribution in [1.82, 2.24) is 30.1 Å². The molecule has 2 saturated heterocycles. The van der Waals surface area contributed by atoms with E-state index in [1.54, 1.807) is 4.68 Å². The summed E-state index contributed by atoms with van der Waals surface area (Å²) in [7, 11) is 0. The van der Waals surface area contributed by atoms with E-state index >= 15 is 0 Å². The Kier molecular flexibility index (Phi) is 5.56. The molecule has 3 aromatic rings. The van der Waals surface area contributed by atoms with E-state index in [2.05, 4.69) is 44.5 Å². The molecule has 1 N–H and O–H groups in total. The fourth-order valence-electron chi connectivity index (χ4n) is 4.60. The third kappa shape index (κ3) is 3.88. The lowest BCUT2D eigenvalue weighted by atomic mass is 10.00. The van der Waals surface area contributed by atoms with E-state index in [0.717, 1.165) is 41.5 Å². The summed E-state index contributed by atoms with van der Waals surface area (Å²) in [5, 5.41) is 13.6. The fourth-order valence-corrected chi connectivity index (χ4v) is 4.60. The lowest BCUT2D eigenvalue weighted by Crippen LogP contribution is -2.42. The molecule has 2 aliphatic heterocycles. The van der Waals surface area contributed by atoms with Gasteiger partial charge in [-0.2, -0.15) is 0 Å². The summed E-state index contributed by atoms with van der Waals surface area (Å²) in [6.45, 7) is 8.11. The maximum Gasteiger partial charge on any atom is 0.253 e. The number of nitrogens with one attached hydrogen (secondary N) is 1. The number of tetrazole rings is 1. The summed E-state index contributed by atoms with van der Waals surface area (Å²) in [5.74, 6) is 0.672. The van der Waals surface area contributed by atoms with Crippen molar-refractivity contribution in [3.05, 3.63) is 51.1 Å². The molecule has 0 aliphatic carbocycles. The quantitative estimate of drug-likeness (QED) is 0.666. The van der Waals surface area contributed by atoms with Crippen LogP contribution in [0.5, 0.6) is 0 Å². The van der Waals surface area contributed by atoms with Crippen LogP contribution < -0.4 is 5.56 Å². The smallest absolute Gasteiger partial charge is 0.253 e. The van der Waals surface area contributed by atoms with E-state index in [1.165, 1.54) is 0 Å². The molecule has 5 rings (SSSR count). The second-order valence-corrected chi connectivity index (χ2v) is 8.43. The van der Waals surface area contributed by atoms with Crippen molar-refractivity contribution < 1.29 is 9.47 Å². The normalized spacial score (nSPS) is 21.0. The summed E-state index contributed by atoms with van der Waals surface area (Å²) in [5.41, 5.74) is 3.67. The fraction of sp³-hybridized carbons (Fsp3) is 0.545. The SMILES string of the molecule is Cc1ccc2cc([C@H](c3nnnn3C[C@@H]3CCCO3)N3CCOCC3)c(=O)[nH]c2c1C. The minimum Gasteiger partial charge on any atom is -0.379 e. The Morgan fingerprint density at radius 1 is 1.23 bits per heavy atom. The average Bonchev–Trinajstić information content (AvgIpc) is 3.46. The highest BCUT2D eigenvalue weighted by Crippen LogP contribution is 2.29. The molecule has 0 unspecified atom stereocenters. The number of aryl methyl sites for hydroxylation is 2. The van der Waals surface area contributed by atoms with Gasteiger partial charge >= 0.3 is 0 Å². The Balaban J connectivity index is 1.61. The lowest BCUT2D eigenvalue weighted by molar-refractivity contribution is 0.0205. The first-order valence-corrected chi connectivity index (χ1v) is 10.9. The van der Waals surface area contributed by atoms with Gasteiger partial charge in [-0.15, -0.1) is 5.10 Å². The molecule has 2 aromatic heterocycles. The molecule has 9 nitrogen and oxygen atoms in total. The van der Waals surface area contributed by atoms with Crippen molar-refractivity contribution in [3.63, 3.8) is 0 Å². The topological polar surface area (TPSA) is 98.2 Å². The second kappa shape index (κ2) is 8.49. The molecule has 0 amide bonds. The van der Waals surface area contributed by atoms with Gasteiger partial charge in [0.15, 0.2) is 5.82 Å². The summed E-state index contributed by atoms with van der Waals surface area (Å²) in [4.78, 5) is 18.7. The lowest BCUT2D eigenvalue weighted by Gasteiger charge is -2.33. The third-order valence-corrected chi connectivity index (χ3v) is 6.49. The van der Waals surface area contributed by atoms with Crippen molar-refractivity contribution >= 4 is 10.9 Å². The molecule has 0 bridgehead atoms. The van der Waals surface area contributed by atoms with Gasteiger partial charge in [0, 0.05) is 25.3 Å². The van der Waals surface area contributed by atoms with Crippen molar-refractivity contribution in [2.45, 2.75) is 45.4 Å². The number of pyridine rings is 1. The number of nitrogens with zero attached hydrogens (tertiary/aromatic N) is 5. The number of morpholine rings is 1. The third-order valence-electron chi connectivity index (χ3n) is 6.49. The Morgan fingerprint density at radius 3 is 2.84 bits per heavy atom. The highest BCUT2D eigenvalue weighted by Gasteiger charge is 2.32. The van der Waals surface area contributed by atoms with E-state index in [-0.39, 0.29) is 17.7 Å². The molecule has 31 heavy (non-hydrogen) atoms. The van der Waals surface area contributed by atoms with Gasteiger partial charge in [-0.25, -0.2) is 4.68 Å². The Labute approximate surface area is 180 Å². The number of H-pyrrole nitrogens is 1. The highest BCUT2D eigenvalue weighted by atomic mass is 16.5. The number of hydrogen-bond donors (Lipinski definition) is 1. The summed E-state index contributed by atoms with van der Waals surface area (Å²) < 4.78 is 13.2. The molecule has 0 radical (unpaired) electrons. The number of benzene rings is 1. The number of fused-ring (bicyclic) bond motifs is 1. The predicted molar refractivity (Wildman–Crippen MR) is 115 cm³/mol. The maximum atomic E-state index is 13.3. The molecule has 2 atom stereocenters. The van der Waals surface area contributed by atoms with Crippen LogP contribution in [0.4, 0.5) is 0 Å². The van der Waals surface area contributed by atoms with Crippen LogP contribution >= 0.6 is 0 Å². The minimum atomic E-state index is -0.352. The molecular formula is C22H28N6O3. The van der Waals surface area contributed by atoms with Crippen molar-refractivity contribution in [2.75, 3.05) is 32.9 Å². The van der Waals surface area contributed by atoms with Crippen LogP contribution in [0.2, 0.25) is 0 Å². The van der Waals surface area contributed by atoms with E-state index < -0.39 is 0 Å². The summed E-state index contributed by atoms with van der Waals surface area (Å²) in [6.07, 6.45) is 2.16. The van der Waals surface area contributed by atoms with Gasteiger partial charge in [0.1, 0.15) is 6.04 Å². The molecule has 4 heterocycles. The monoisotopic (exact) mass is 424 g/mol. The zero-order valence-corrected chi connectivity index (χ0v) is 18.0. The first-order valence-electron chi connectivity index (χ1n) is 10.9. The van der Waals surface area contributed by atoms with E-state index in [1.807, 2.05) is 13.0 Å². The van der Waals surface area contributed by atoms with Crippen LogP contribution in [0.25, 0.3) is 10.9 Å². The molecule has 164 valence electrons. The molecule has 1 aromatic carbocycles. The average molecular weight is 425 g/mol. The molecule has 2 aliphatic rings. The van der Waals surface area contributed by atoms with Crippen molar-refractivity contribution in [2.24, 2.45) is 0 Å². The van der Waals surface area contributed by atoms with Gasteiger partial charge in [0.05, 0.1) is 31.4 Å². The molecular weight excluding hydrogens is 396 g/mol. The van der Waals surface area contributed by atoms with Gasteiger partial charge in [0.25, 0.3) is 5.56 Å². The molecule has 9 heteroatoms. The van der Waals surface area contributed by atoms with E-state index in [0.29, 0.717) is 44.2 Å². The molecule has 0 spiro atoms. The second-order valence-electron chi connectivity index (χ2n) is 8.43. The minimum absolute atomic E-state index is 0.105. The van der Waals surface area contributed by atoms with Crippen molar-refractivity contribution in [1.29, 1.82) is 0 Å². The van der Waals surface area contributed by atoms with E-state index in [9.17, 15) is 4.79 Å². The van der Waals surface area contributed by atoms with Crippen LogP contribution in [-0.2, 0) is 16.0 Å². The largest absolute Gasteiger partial charge is 0.379 e. The van der Waals surface area contributed by atoms with Crippen LogP contribution in [0, 0.1) is 13.8 Å². The van der Waals surface area contributed by atoms with Crippen LogP contribution in [0.15, 0.2) is 23.0 Å². The van der Waals surface area contributed by atoms with E-state index in [4.69, 9.17) is 9.47 Å². The van der Waals surface area contributed by atoms with Crippen LogP contribution in [0.1, 0.15) is 41.4 Å².